The zero-order chi connectivity index (χ0) is 12.1. The van der Waals surface area contributed by atoms with E-state index in [4.69, 9.17) is 23.2 Å². The van der Waals surface area contributed by atoms with Crippen molar-refractivity contribution >= 4 is 23.2 Å². The maximum Gasteiger partial charge on any atom is 0.135 e. The number of nitrogens with zero attached hydrogens (tertiary/aromatic N) is 2. The van der Waals surface area contributed by atoms with Crippen LogP contribution in [0.2, 0.25) is 10.3 Å². The van der Waals surface area contributed by atoms with Gasteiger partial charge in [0.2, 0.25) is 0 Å². The van der Waals surface area contributed by atoms with E-state index < -0.39 is 0 Å². The van der Waals surface area contributed by atoms with Crippen molar-refractivity contribution in [2.24, 2.45) is 5.92 Å². The van der Waals surface area contributed by atoms with Gasteiger partial charge in [0.1, 0.15) is 10.3 Å². The van der Waals surface area contributed by atoms with E-state index >= 15 is 0 Å². The van der Waals surface area contributed by atoms with E-state index in [1.807, 2.05) is 6.07 Å². The number of pyridine rings is 1. The fraction of sp³-hybridized carbons (Fsp3) is 0.583. The van der Waals surface area contributed by atoms with Gasteiger partial charge < -0.3 is 4.90 Å². The number of hydrogen-bond acceptors (Lipinski definition) is 2. The third-order valence-corrected chi connectivity index (χ3v) is 3.19. The third-order valence-electron chi connectivity index (χ3n) is 2.65. The van der Waals surface area contributed by atoms with Crippen LogP contribution >= 0.6 is 23.2 Å². The Kier molecular flexibility index (Phi) is 5.53. The van der Waals surface area contributed by atoms with E-state index in [-0.39, 0.29) is 0 Å². The minimum atomic E-state index is 0.443. The minimum Gasteiger partial charge on any atom is -0.302 e. The Balaban J connectivity index is 2.59. The third kappa shape index (κ3) is 4.28. The Hall–Kier alpha value is -0.310. The monoisotopic (exact) mass is 260 g/mol. The van der Waals surface area contributed by atoms with Gasteiger partial charge in [-0.1, -0.05) is 49.5 Å². The second-order valence-corrected chi connectivity index (χ2v) is 5.04. The lowest BCUT2D eigenvalue weighted by Crippen LogP contribution is -2.23. The molecule has 4 heteroatoms. The molecule has 1 heterocycles. The van der Waals surface area contributed by atoms with Crippen molar-refractivity contribution in [2.75, 3.05) is 13.6 Å². The zero-order valence-corrected chi connectivity index (χ0v) is 11.5. The molecule has 1 aromatic rings. The summed E-state index contributed by atoms with van der Waals surface area (Å²) in [6, 6.07) is 3.71. The van der Waals surface area contributed by atoms with Gasteiger partial charge in [0.25, 0.3) is 0 Å². The van der Waals surface area contributed by atoms with Crippen molar-refractivity contribution in [2.45, 2.75) is 26.8 Å². The fourth-order valence-corrected chi connectivity index (χ4v) is 1.98. The molecule has 0 N–H and O–H groups in total. The van der Waals surface area contributed by atoms with E-state index in [9.17, 15) is 0 Å². The van der Waals surface area contributed by atoms with Gasteiger partial charge in [-0.3, -0.25) is 0 Å². The fourth-order valence-electron chi connectivity index (χ4n) is 1.58. The SMILES string of the molecule is CCC(C)CN(C)Cc1ccc(Cl)nc1Cl. The van der Waals surface area contributed by atoms with Crippen molar-refractivity contribution in [1.29, 1.82) is 0 Å². The smallest absolute Gasteiger partial charge is 0.135 e. The number of halogens is 2. The Morgan fingerprint density at radius 1 is 1.38 bits per heavy atom. The summed E-state index contributed by atoms with van der Waals surface area (Å²) in [5.41, 5.74) is 1.02. The largest absolute Gasteiger partial charge is 0.302 e. The molecular formula is C12H18Cl2N2. The van der Waals surface area contributed by atoms with Gasteiger partial charge in [-0.15, -0.1) is 0 Å². The van der Waals surface area contributed by atoms with Crippen LogP contribution in [-0.2, 0) is 6.54 Å². The Morgan fingerprint density at radius 2 is 2.06 bits per heavy atom. The maximum atomic E-state index is 6.02. The highest BCUT2D eigenvalue weighted by atomic mass is 35.5. The maximum absolute atomic E-state index is 6.02. The Morgan fingerprint density at radius 3 is 2.62 bits per heavy atom. The molecule has 0 saturated heterocycles. The van der Waals surface area contributed by atoms with E-state index in [1.54, 1.807) is 6.07 Å². The lowest BCUT2D eigenvalue weighted by Gasteiger charge is -2.20. The van der Waals surface area contributed by atoms with Gasteiger partial charge in [0.15, 0.2) is 0 Å². The van der Waals surface area contributed by atoms with Crippen LogP contribution < -0.4 is 0 Å². The number of hydrogen-bond donors (Lipinski definition) is 0. The molecule has 0 aliphatic heterocycles. The van der Waals surface area contributed by atoms with Crippen molar-refractivity contribution < 1.29 is 0 Å². The van der Waals surface area contributed by atoms with Crippen LogP contribution in [0, 0.1) is 5.92 Å². The lowest BCUT2D eigenvalue weighted by molar-refractivity contribution is 0.275. The van der Waals surface area contributed by atoms with Gasteiger partial charge in [0.05, 0.1) is 0 Å². The average molecular weight is 261 g/mol. The van der Waals surface area contributed by atoms with E-state index in [0.29, 0.717) is 16.2 Å². The summed E-state index contributed by atoms with van der Waals surface area (Å²) in [6.07, 6.45) is 1.19. The van der Waals surface area contributed by atoms with E-state index in [1.165, 1.54) is 6.42 Å². The van der Waals surface area contributed by atoms with Gasteiger partial charge in [-0.2, -0.15) is 0 Å². The summed E-state index contributed by atoms with van der Waals surface area (Å²) in [7, 11) is 2.09. The number of aromatic nitrogens is 1. The normalized spacial score (nSPS) is 13.1. The van der Waals surface area contributed by atoms with Crippen molar-refractivity contribution in [1.82, 2.24) is 9.88 Å². The second-order valence-electron chi connectivity index (χ2n) is 4.29. The second kappa shape index (κ2) is 6.43. The van der Waals surface area contributed by atoms with Crippen LogP contribution in [0.25, 0.3) is 0 Å². The van der Waals surface area contributed by atoms with Crippen LogP contribution in [0.1, 0.15) is 25.8 Å². The van der Waals surface area contributed by atoms with Crippen LogP contribution in [0.15, 0.2) is 12.1 Å². The van der Waals surface area contributed by atoms with Crippen molar-refractivity contribution in [3.8, 4) is 0 Å². The van der Waals surface area contributed by atoms with Crippen molar-refractivity contribution in [3.05, 3.63) is 28.0 Å². The molecule has 90 valence electrons. The standard InChI is InChI=1S/C12H18Cl2N2/c1-4-9(2)7-16(3)8-10-5-6-11(13)15-12(10)14/h5-6,9H,4,7-8H2,1-3H3. The topological polar surface area (TPSA) is 16.1 Å². The molecule has 0 radical (unpaired) electrons. The molecule has 1 aromatic heterocycles. The minimum absolute atomic E-state index is 0.443. The summed E-state index contributed by atoms with van der Waals surface area (Å²) < 4.78 is 0. The first-order valence-electron chi connectivity index (χ1n) is 5.52. The number of rotatable bonds is 5. The lowest BCUT2D eigenvalue weighted by atomic mass is 10.1. The first-order valence-corrected chi connectivity index (χ1v) is 6.28. The molecule has 0 aromatic carbocycles. The molecule has 0 aliphatic carbocycles. The van der Waals surface area contributed by atoms with Crippen LogP contribution in [0.3, 0.4) is 0 Å². The molecule has 0 saturated carbocycles. The molecule has 2 nitrogen and oxygen atoms in total. The van der Waals surface area contributed by atoms with Crippen molar-refractivity contribution in [3.63, 3.8) is 0 Å². The first kappa shape index (κ1) is 13.8. The molecule has 0 fully saturated rings. The molecule has 16 heavy (non-hydrogen) atoms. The highest BCUT2D eigenvalue weighted by molar-refractivity contribution is 6.32. The summed E-state index contributed by atoms with van der Waals surface area (Å²) in [5.74, 6) is 0.698. The average Bonchev–Trinajstić information content (AvgIpc) is 2.22. The predicted molar refractivity (Wildman–Crippen MR) is 70.0 cm³/mol. The molecule has 0 amide bonds. The van der Waals surface area contributed by atoms with Crippen LogP contribution in [-0.4, -0.2) is 23.5 Å². The molecule has 0 bridgehead atoms. The van der Waals surface area contributed by atoms with Gasteiger partial charge in [-0.25, -0.2) is 4.98 Å². The van der Waals surface area contributed by atoms with Crippen LogP contribution in [0.5, 0.6) is 0 Å². The van der Waals surface area contributed by atoms with E-state index in [0.717, 1.165) is 18.7 Å². The Labute approximate surface area is 108 Å². The highest BCUT2D eigenvalue weighted by Gasteiger charge is 2.08. The van der Waals surface area contributed by atoms with Gasteiger partial charge in [-0.05, 0) is 19.0 Å². The summed E-state index contributed by atoms with van der Waals surface area (Å²) in [4.78, 5) is 6.29. The molecule has 1 rings (SSSR count). The predicted octanol–water partition coefficient (Wildman–Crippen LogP) is 3.87. The summed E-state index contributed by atoms with van der Waals surface area (Å²) in [6.45, 7) is 6.33. The van der Waals surface area contributed by atoms with Gasteiger partial charge in [0, 0.05) is 18.7 Å². The van der Waals surface area contributed by atoms with Crippen LogP contribution in [0.4, 0.5) is 0 Å². The zero-order valence-electron chi connectivity index (χ0n) is 10.0. The molecule has 0 spiro atoms. The van der Waals surface area contributed by atoms with Gasteiger partial charge >= 0.3 is 0 Å². The summed E-state index contributed by atoms with van der Waals surface area (Å²) >= 11 is 11.8. The molecule has 1 atom stereocenters. The molecule has 1 unspecified atom stereocenters. The first-order chi connectivity index (χ1) is 7.52. The molecule has 0 aliphatic rings. The highest BCUT2D eigenvalue weighted by Crippen LogP contribution is 2.18. The van der Waals surface area contributed by atoms with E-state index in [2.05, 4.69) is 30.8 Å². The Bertz CT molecular complexity index is 342. The quantitative estimate of drug-likeness (QED) is 0.748. The summed E-state index contributed by atoms with van der Waals surface area (Å²) in [5, 5.41) is 0.946. The molecular weight excluding hydrogens is 243 g/mol.